The van der Waals surface area contributed by atoms with E-state index in [1.165, 1.54) is 12.1 Å². The number of halogens is 1. The number of carbonyl (C=O) groups excluding carboxylic acids is 3. The van der Waals surface area contributed by atoms with Crippen LogP contribution >= 0.6 is 15.9 Å². The highest BCUT2D eigenvalue weighted by molar-refractivity contribution is 9.10. The number of aromatic hydroxyl groups is 1. The van der Waals surface area contributed by atoms with Crippen molar-refractivity contribution in [1.29, 1.82) is 0 Å². The zero-order valence-corrected chi connectivity index (χ0v) is 16.7. The van der Waals surface area contributed by atoms with Gasteiger partial charge in [-0.05, 0) is 71.2 Å². The van der Waals surface area contributed by atoms with Crippen LogP contribution in [0.2, 0.25) is 0 Å². The number of anilines is 1. The minimum absolute atomic E-state index is 0.0833. The Labute approximate surface area is 169 Å². The van der Waals surface area contributed by atoms with Crippen molar-refractivity contribution >= 4 is 45.5 Å². The number of phenols is 1. The van der Waals surface area contributed by atoms with Crippen LogP contribution < -0.4 is 15.0 Å². The third-order valence-corrected chi connectivity index (χ3v) is 4.63. The molecule has 2 aromatic carbocycles. The third-order valence-electron chi connectivity index (χ3n) is 4.02. The van der Waals surface area contributed by atoms with Gasteiger partial charge in [-0.3, -0.25) is 14.9 Å². The monoisotopic (exact) mass is 444 g/mol. The van der Waals surface area contributed by atoms with E-state index in [0.717, 1.165) is 10.5 Å². The molecular formula is C20H17BrN2O5. The van der Waals surface area contributed by atoms with Crippen LogP contribution in [0.15, 0.2) is 46.4 Å². The molecule has 2 aromatic rings. The Bertz CT molecular complexity index is 1020. The summed E-state index contributed by atoms with van der Waals surface area (Å²) in [6.07, 6.45) is 1.35. The largest absolute Gasteiger partial charge is 0.503 e. The molecule has 144 valence electrons. The van der Waals surface area contributed by atoms with Gasteiger partial charge in [-0.25, -0.2) is 9.69 Å². The first-order valence-electron chi connectivity index (χ1n) is 8.45. The van der Waals surface area contributed by atoms with Crippen molar-refractivity contribution in [3.8, 4) is 11.5 Å². The summed E-state index contributed by atoms with van der Waals surface area (Å²) in [5.41, 5.74) is 1.47. The quantitative estimate of drug-likeness (QED) is 0.555. The molecule has 0 aliphatic carbocycles. The summed E-state index contributed by atoms with van der Waals surface area (Å²) >= 11 is 3.22. The Morgan fingerprint density at radius 1 is 1.21 bits per heavy atom. The minimum Gasteiger partial charge on any atom is -0.503 e. The number of urea groups is 1. The fourth-order valence-corrected chi connectivity index (χ4v) is 3.23. The Balaban J connectivity index is 2.04. The number of nitrogens with zero attached hydrogens (tertiary/aromatic N) is 1. The smallest absolute Gasteiger partial charge is 0.335 e. The molecule has 0 bridgehead atoms. The summed E-state index contributed by atoms with van der Waals surface area (Å²) in [6.45, 7) is 3.93. The van der Waals surface area contributed by atoms with Gasteiger partial charge in [0.05, 0.1) is 16.8 Å². The van der Waals surface area contributed by atoms with Gasteiger partial charge in [-0.15, -0.1) is 0 Å². The van der Waals surface area contributed by atoms with Crippen LogP contribution in [0.3, 0.4) is 0 Å². The van der Waals surface area contributed by atoms with Gasteiger partial charge in [-0.1, -0.05) is 12.1 Å². The molecule has 1 saturated heterocycles. The van der Waals surface area contributed by atoms with E-state index in [2.05, 4.69) is 21.2 Å². The first-order valence-corrected chi connectivity index (χ1v) is 9.24. The van der Waals surface area contributed by atoms with Gasteiger partial charge in [0.15, 0.2) is 11.5 Å². The second-order valence-corrected chi connectivity index (χ2v) is 6.93. The van der Waals surface area contributed by atoms with E-state index in [-0.39, 0.29) is 17.1 Å². The molecule has 2 N–H and O–H groups in total. The fraction of sp³-hybridized carbons (Fsp3) is 0.150. The highest BCUT2D eigenvalue weighted by Gasteiger charge is 2.36. The maximum absolute atomic E-state index is 12.9. The van der Waals surface area contributed by atoms with Gasteiger partial charge >= 0.3 is 6.03 Å². The normalized spacial score (nSPS) is 15.8. The predicted molar refractivity (Wildman–Crippen MR) is 107 cm³/mol. The lowest BCUT2D eigenvalue weighted by molar-refractivity contribution is -0.122. The van der Waals surface area contributed by atoms with Crippen LogP contribution in [-0.4, -0.2) is 29.6 Å². The second kappa shape index (κ2) is 7.85. The molecule has 1 heterocycles. The molecule has 1 aliphatic heterocycles. The zero-order chi connectivity index (χ0) is 20.4. The van der Waals surface area contributed by atoms with Gasteiger partial charge < -0.3 is 9.84 Å². The number of carbonyl (C=O) groups is 3. The van der Waals surface area contributed by atoms with Crippen molar-refractivity contribution in [3.05, 3.63) is 57.6 Å². The molecular weight excluding hydrogens is 428 g/mol. The van der Waals surface area contributed by atoms with E-state index in [1.54, 1.807) is 31.2 Å². The van der Waals surface area contributed by atoms with Gasteiger partial charge in [-0.2, -0.15) is 0 Å². The van der Waals surface area contributed by atoms with Crippen LogP contribution in [0.1, 0.15) is 18.1 Å². The maximum atomic E-state index is 12.9. The maximum Gasteiger partial charge on any atom is 0.335 e. The number of hydrogen-bond donors (Lipinski definition) is 2. The Morgan fingerprint density at radius 3 is 2.64 bits per heavy atom. The van der Waals surface area contributed by atoms with Gasteiger partial charge in [0.25, 0.3) is 11.8 Å². The summed E-state index contributed by atoms with van der Waals surface area (Å²) in [6, 6.07) is 9.08. The number of amides is 4. The summed E-state index contributed by atoms with van der Waals surface area (Å²) in [5, 5.41) is 12.2. The molecule has 7 nitrogen and oxygen atoms in total. The molecule has 28 heavy (non-hydrogen) atoms. The van der Waals surface area contributed by atoms with Crippen molar-refractivity contribution in [3.63, 3.8) is 0 Å². The minimum atomic E-state index is -0.806. The number of rotatable bonds is 4. The number of aryl methyl sites for hydroxylation is 1. The lowest BCUT2D eigenvalue weighted by atomic mass is 10.1. The van der Waals surface area contributed by atoms with Crippen molar-refractivity contribution in [2.45, 2.75) is 13.8 Å². The molecule has 0 atom stereocenters. The number of ether oxygens (including phenoxy) is 1. The van der Waals surface area contributed by atoms with Crippen LogP contribution in [0.4, 0.5) is 10.5 Å². The SMILES string of the molecule is CCOc1cc(/C=C2\C(=O)NC(=O)N(c3cccc(C)c3)C2=O)cc(Br)c1O. The topological polar surface area (TPSA) is 95.9 Å². The molecule has 3 rings (SSSR count). The summed E-state index contributed by atoms with van der Waals surface area (Å²) < 4.78 is 5.71. The molecule has 0 aromatic heterocycles. The van der Waals surface area contributed by atoms with E-state index in [4.69, 9.17) is 4.74 Å². The second-order valence-electron chi connectivity index (χ2n) is 6.08. The van der Waals surface area contributed by atoms with Crippen LogP contribution in [0.5, 0.6) is 11.5 Å². The molecule has 1 aliphatic rings. The molecule has 0 spiro atoms. The van der Waals surface area contributed by atoms with Gasteiger partial charge in [0, 0.05) is 0 Å². The van der Waals surface area contributed by atoms with Gasteiger partial charge in [0.2, 0.25) is 0 Å². The lowest BCUT2D eigenvalue weighted by Gasteiger charge is -2.26. The number of phenolic OH excluding ortho intramolecular Hbond substituents is 1. The number of hydrogen-bond acceptors (Lipinski definition) is 5. The van der Waals surface area contributed by atoms with Crippen LogP contribution in [0, 0.1) is 6.92 Å². The zero-order valence-electron chi connectivity index (χ0n) is 15.2. The van der Waals surface area contributed by atoms with Crippen molar-refractivity contribution in [2.75, 3.05) is 11.5 Å². The molecule has 1 fully saturated rings. The molecule has 4 amide bonds. The standard InChI is InChI=1S/C20H17BrN2O5/c1-3-28-16-10-12(9-15(21)17(16)24)8-14-18(25)22-20(27)23(19(14)26)13-6-4-5-11(2)7-13/h4-10,24H,3H2,1-2H3,(H,22,25,27)/b14-8+. The van der Waals surface area contributed by atoms with E-state index in [9.17, 15) is 19.5 Å². The summed E-state index contributed by atoms with van der Waals surface area (Å²) in [7, 11) is 0. The highest BCUT2D eigenvalue weighted by atomic mass is 79.9. The average molecular weight is 445 g/mol. The van der Waals surface area contributed by atoms with Crippen LogP contribution in [-0.2, 0) is 9.59 Å². The Hall–Kier alpha value is -3.13. The van der Waals surface area contributed by atoms with Crippen molar-refractivity contribution < 1.29 is 24.2 Å². The van der Waals surface area contributed by atoms with Gasteiger partial charge in [0.1, 0.15) is 5.57 Å². The van der Waals surface area contributed by atoms with Crippen LogP contribution in [0.25, 0.3) is 6.08 Å². The molecule has 0 saturated carbocycles. The number of barbiturate groups is 1. The first-order chi connectivity index (χ1) is 13.3. The Kier molecular flexibility index (Phi) is 5.51. The van der Waals surface area contributed by atoms with Crippen molar-refractivity contribution in [1.82, 2.24) is 5.32 Å². The van der Waals surface area contributed by atoms with E-state index < -0.39 is 17.8 Å². The summed E-state index contributed by atoms with van der Waals surface area (Å²) in [5.74, 6) is -1.40. The predicted octanol–water partition coefficient (Wildman–Crippen LogP) is 3.53. The van der Waals surface area contributed by atoms with E-state index in [0.29, 0.717) is 22.3 Å². The fourth-order valence-electron chi connectivity index (χ4n) is 2.77. The lowest BCUT2D eigenvalue weighted by Crippen LogP contribution is -2.54. The summed E-state index contributed by atoms with van der Waals surface area (Å²) in [4.78, 5) is 38.4. The number of imide groups is 2. The van der Waals surface area contributed by atoms with Crippen molar-refractivity contribution in [2.24, 2.45) is 0 Å². The third kappa shape index (κ3) is 3.77. The molecule has 0 radical (unpaired) electrons. The highest BCUT2D eigenvalue weighted by Crippen LogP contribution is 2.36. The Morgan fingerprint density at radius 2 is 1.96 bits per heavy atom. The first kappa shape index (κ1) is 19.6. The molecule has 8 heteroatoms. The number of nitrogens with one attached hydrogen (secondary N) is 1. The van der Waals surface area contributed by atoms with E-state index >= 15 is 0 Å². The number of benzene rings is 2. The average Bonchev–Trinajstić information content (AvgIpc) is 2.63. The van der Waals surface area contributed by atoms with E-state index in [1.807, 2.05) is 13.0 Å². The molecule has 0 unspecified atom stereocenters.